The van der Waals surface area contributed by atoms with E-state index in [1.807, 2.05) is 0 Å². The maximum Gasteiger partial charge on any atom is 0.249 e. The minimum atomic E-state index is -0.496. The summed E-state index contributed by atoms with van der Waals surface area (Å²) in [6.45, 7) is 0. The molecular formula is C12H12ClN3O2S. The SMILES string of the molecule is NC(=S)c1ccc(Cl)cc1NC1CCC(=O)NC1=O. The van der Waals surface area contributed by atoms with E-state index >= 15 is 0 Å². The molecule has 2 rings (SSSR count). The van der Waals surface area contributed by atoms with Gasteiger partial charge in [-0.2, -0.15) is 0 Å². The van der Waals surface area contributed by atoms with E-state index in [9.17, 15) is 9.59 Å². The maximum absolute atomic E-state index is 11.7. The van der Waals surface area contributed by atoms with Crippen molar-refractivity contribution >= 4 is 46.3 Å². The van der Waals surface area contributed by atoms with Gasteiger partial charge in [0.1, 0.15) is 11.0 Å². The largest absolute Gasteiger partial charge is 0.389 e. The van der Waals surface area contributed by atoms with Gasteiger partial charge >= 0.3 is 0 Å². The summed E-state index contributed by atoms with van der Waals surface area (Å²) in [6.07, 6.45) is 0.723. The Labute approximate surface area is 120 Å². The number of hydrogen-bond donors (Lipinski definition) is 3. The van der Waals surface area contributed by atoms with Gasteiger partial charge in [0, 0.05) is 22.7 Å². The summed E-state index contributed by atoms with van der Waals surface area (Å²) in [7, 11) is 0. The average molecular weight is 298 g/mol. The Kier molecular flexibility index (Phi) is 4.01. The highest BCUT2D eigenvalue weighted by Crippen LogP contribution is 2.23. The number of nitrogens with two attached hydrogens (primary N) is 1. The molecule has 100 valence electrons. The van der Waals surface area contributed by atoms with Crippen LogP contribution in [0.2, 0.25) is 5.02 Å². The minimum Gasteiger partial charge on any atom is -0.389 e. The first-order valence-corrected chi connectivity index (χ1v) is 6.45. The highest BCUT2D eigenvalue weighted by Gasteiger charge is 2.27. The molecule has 4 N–H and O–H groups in total. The molecule has 0 radical (unpaired) electrons. The number of benzene rings is 1. The van der Waals surface area contributed by atoms with Crippen molar-refractivity contribution in [3.8, 4) is 0 Å². The first-order valence-electron chi connectivity index (χ1n) is 5.67. The van der Waals surface area contributed by atoms with Crippen LogP contribution in [0, 0.1) is 0 Å². The van der Waals surface area contributed by atoms with Gasteiger partial charge in [-0.1, -0.05) is 23.8 Å². The predicted molar refractivity (Wildman–Crippen MR) is 77.1 cm³/mol. The second kappa shape index (κ2) is 5.54. The molecule has 0 aromatic heterocycles. The van der Waals surface area contributed by atoms with Crippen LogP contribution in [0.15, 0.2) is 18.2 Å². The number of piperidine rings is 1. The smallest absolute Gasteiger partial charge is 0.249 e. The van der Waals surface area contributed by atoms with Crippen molar-refractivity contribution in [2.24, 2.45) is 5.73 Å². The fraction of sp³-hybridized carbons (Fsp3) is 0.250. The number of carbonyl (C=O) groups is 2. The number of amides is 2. The summed E-state index contributed by atoms with van der Waals surface area (Å²) in [4.78, 5) is 23.0. The molecule has 1 aliphatic rings. The van der Waals surface area contributed by atoms with Crippen LogP contribution in [0.5, 0.6) is 0 Å². The van der Waals surface area contributed by atoms with Gasteiger partial charge in [-0.15, -0.1) is 0 Å². The van der Waals surface area contributed by atoms with Crippen molar-refractivity contribution in [3.63, 3.8) is 0 Å². The molecule has 0 saturated carbocycles. The molecule has 1 heterocycles. The number of anilines is 1. The summed E-state index contributed by atoms with van der Waals surface area (Å²) in [5.41, 5.74) is 6.83. The molecule has 2 amide bonds. The van der Waals surface area contributed by atoms with E-state index in [-0.39, 0.29) is 16.8 Å². The first-order chi connectivity index (χ1) is 8.97. The number of thiocarbonyl (C=S) groups is 1. The van der Waals surface area contributed by atoms with Crippen LogP contribution in [0.4, 0.5) is 5.69 Å². The highest BCUT2D eigenvalue weighted by molar-refractivity contribution is 7.80. The molecule has 1 aliphatic heterocycles. The zero-order chi connectivity index (χ0) is 14.0. The Hall–Kier alpha value is -1.66. The minimum absolute atomic E-state index is 0.214. The van der Waals surface area contributed by atoms with E-state index in [0.29, 0.717) is 29.1 Å². The zero-order valence-corrected chi connectivity index (χ0v) is 11.5. The lowest BCUT2D eigenvalue weighted by molar-refractivity contribution is -0.133. The lowest BCUT2D eigenvalue weighted by Gasteiger charge is -2.24. The predicted octanol–water partition coefficient (Wildman–Crippen LogP) is 1.19. The second-order valence-corrected chi connectivity index (χ2v) is 5.08. The number of hydrogen-bond acceptors (Lipinski definition) is 4. The molecule has 1 aromatic carbocycles. The molecule has 0 bridgehead atoms. The normalized spacial score (nSPS) is 18.9. The Morgan fingerprint density at radius 2 is 2.21 bits per heavy atom. The zero-order valence-electron chi connectivity index (χ0n) is 9.90. The van der Waals surface area contributed by atoms with Gasteiger partial charge in [0.25, 0.3) is 0 Å². The molecule has 1 unspecified atom stereocenters. The first kappa shape index (κ1) is 13.8. The van der Waals surface area contributed by atoms with E-state index in [0.717, 1.165) is 0 Å². The lowest BCUT2D eigenvalue weighted by Crippen LogP contribution is -2.47. The summed E-state index contributed by atoms with van der Waals surface area (Å²) >= 11 is 10.9. The molecule has 5 nitrogen and oxygen atoms in total. The van der Waals surface area contributed by atoms with Crippen molar-refractivity contribution in [3.05, 3.63) is 28.8 Å². The topological polar surface area (TPSA) is 84.2 Å². The Morgan fingerprint density at radius 3 is 2.84 bits per heavy atom. The molecular weight excluding hydrogens is 286 g/mol. The van der Waals surface area contributed by atoms with Gasteiger partial charge in [-0.25, -0.2) is 0 Å². The Bertz CT molecular complexity index is 562. The Balaban J connectivity index is 2.23. The van der Waals surface area contributed by atoms with E-state index < -0.39 is 6.04 Å². The van der Waals surface area contributed by atoms with Crippen LogP contribution in [0.3, 0.4) is 0 Å². The molecule has 0 aliphatic carbocycles. The van der Waals surface area contributed by atoms with E-state index in [1.54, 1.807) is 18.2 Å². The van der Waals surface area contributed by atoms with Crippen LogP contribution in [0.1, 0.15) is 18.4 Å². The summed E-state index contributed by atoms with van der Waals surface area (Å²) < 4.78 is 0. The fourth-order valence-electron chi connectivity index (χ4n) is 1.87. The Morgan fingerprint density at radius 1 is 1.47 bits per heavy atom. The summed E-state index contributed by atoms with van der Waals surface area (Å²) in [6, 6.07) is 4.52. The van der Waals surface area contributed by atoms with Crippen LogP contribution in [-0.4, -0.2) is 22.8 Å². The third-order valence-corrected chi connectivity index (χ3v) is 3.27. The summed E-state index contributed by atoms with van der Waals surface area (Å²) in [5.74, 6) is -0.617. The number of nitrogens with one attached hydrogen (secondary N) is 2. The van der Waals surface area contributed by atoms with Gasteiger partial charge in [0.2, 0.25) is 11.8 Å². The standard InChI is InChI=1S/C12H12ClN3O2S/c13-6-1-2-7(11(14)19)9(5-6)15-8-3-4-10(17)16-12(8)18/h1-2,5,8,15H,3-4H2,(H2,14,19)(H,16,17,18). The van der Waals surface area contributed by atoms with Gasteiger partial charge in [-0.3, -0.25) is 14.9 Å². The quantitative estimate of drug-likeness (QED) is 0.576. The van der Waals surface area contributed by atoms with Crippen molar-refractivity contribution in [2.45, 2.75) is 18.9 Å². The van der Waals surface area contributed by atoms with Crippen LogP contribution >= 0.6 is 23.8 Å². The number of rotatable bonds is 3. The van der Waals surface area contributed by atoms with Crippen LogP contribution in [0.25, 0.3) is 0 Å². The molecule has 19 heavy (non-hydrogen) atoms. The molecule has 1 aromatic rings. The maximum atomic E-state index is 11.7. The highest BCUT2D eigenvalue weighted by atomic mass is 35.5. The third kappa shape index (κ3) is 3.21. The van der Waals surface area contributed by atoms with Crippen molar-refractivity contribution in [1.82, 2.24) is 5.32 Å². The number of imide groups is 1. The molecule has 1 fully saturated rings. The van der Waals surface area contributed by atoms with E-state index in [2.05, 4.69) is 10.6 Å². The lowest BCUT2D eigenvalue weighted by atomic mass is 10.0. The second-order valence-electron chi connectivity index (χ2n) is 4.20. The van der Waals surface area contributed by atoms with Gasteiger partial charge in [-0.05, 0) is 24.6 Å². The average Bonchev–Trinajstić information content (AvgIpc) is 2.32. The van der Waals surface area contributed by atoms with E-state index in [4.69, 9.17) is 29.6 Å². The number of carbonyl (C=O) groups excluding carboxylic acids is 2. The van der Waals surface area contributed by atoms with Crippen LogP contribution in [-0.2, 0) is 9.59 Å². The fourth-order valence-corrected chi connectivity index (χ4v) is 2.22. The van der Waals surface area contributed by atoms with Crippen molar-refractivity contribution in [2.75, 3.05) is 5.32 Å². The van der Waals surface area contributed by atoms with Gasteiger partial charge in [0.05, 0.1) is 0 Å². The molecule has 7 heteroatoms. The van der Waals surface area contributed by atoms with Crippen molar-refractivity contribution in [1.29, 1.82) is 0 Å². The van der Waals surface area contributed by atoms with E-state index in [1.165, 1.54) is 0 Å². The van der Waals surface area contributed by atoms with Gasteiger partial charge < -0.3 is 11.1 Å². The van der Waals surface area contributed by atoms with Gasteiger partial charge in [0.15, 0.2) is 0 Å². The molecule has 0 spiro atoms. The molecule has 1 saturated heterocycles. The van der Waals surface area contributed by atoms with Crippen molar-refractivity contribution < 1.29 is 9.59 Å². The molecule has 1 atom stereocenters. The summed E-state index contributed by atoms with van der Waals surface area (Å²) in [5, 5.41) is 5.81. The monoisotopic (exact) mass is 297 g/mol. The van der Waals surface area contributed by atoms with Crippen LogP contribution < -0.4 is 16.4 Å². The number of halogens is 1. The third-order valence-electron chi connectivity index (χ3n) is 2.82.